The van der Waals surface area contributed by atoms with Crippen molar-refractivity contribution in [3.63, 3.8) is 0 Å². The fourth-order valence-electron chi connectivity index (χ4n) is 1.66. The monoisotopic (exact) mass is 315 g/mol. The lowest BCUT2D eigenvalue weighted by atomic mass is 10.2. The number of hydrogen-bond acceptors (Lipinski definition) is 5. The van der Waals surface area contributed by atoms with Gasteiger partial charge in [0.05, 0.1) is 10.5 Å². The summed E-state index contributed by atoms with van der Waals surface area (Å²) in [7, 11) is -1.95. The highest BCUT2D eigenvalue weighted by Crippen LogP contribution is 2.20. The lowest BCUT2D eigenvalue weighted by Crippen LogP contribution is -2.31. The van der Waals surface area contributed by atoms with Crippen LogP contribution >= 0.6 is 0 Å². The van der Waals surface area contributed by atoms with Crippen molar-refractivity contribution < 1.29 is 18.3 Å². The van der Waals surface area contributed by atoms with Gasteiger partial charge in [-0.3, -0.25) is 0 Å². The molecule has 1 aromatic rings. The van der Waals surface area contributed by atoms with Crippen molar-refractivity contribution in [3.8, 4) is 0 Å². The molecule has 0 atom stereocenters. The molecule has 0 saturated heterocycles. The van der Waals surface area contributed by atoms with E-state index in [0.717, 1.165) is 12.6 Å². The summed E-state index contributed by atoms with van der Waals surface area (Å²) in [5.41, 5.74) is 0.251. The summed E-state index contributed by atoms with van der Waals surface area (Å²) >= 11 is 0. The summed E-state index contributed by atoms with van der Waals surface area (Å²) in [5.74, 6) is -1.21. The minimum atomic E-state index is -3.92. The molecule has 4 N–H and O–H groups in total. The van der Waals surface area contributed by atoms with Crippen LogP contribution < -0.4 is 10.5 Å². The molecule has 0 heterocycles. The number of carbonyl (C=O) groups is 1. The van der Waals surface area contributed by atoms with Crippen LogP contribution in [-0.2, 0) is 10.0 Å². The highest BCUT2D eigenvalue weighted by atomic mass is 32.2. The fraction of sp³-hybridized carbons (Fsp3) is 0.462. The number of anilines is 1. The zero-order chi connectivity index (χ0) is 16.2. The molecule has 21 heavy (non-hydrogen) atoms. The summed E-state index contributed by atoms with van der Waals surface area (Å²) in [4.78, 5) is 13.1. The first-order valence-corrected chi connectivity index (χ1v) is 8.02. The quantitative estimate of drug-likeness (QED) is 0.685. The topological polar surface area (TPSA) is 113 Å². The second-order valence-electron chi connectivity index (χ2n) is 5.06. The molecule has 1 aromatic carbocycles. The van der Waals surface area contributed by atoms with Gasteiger partial charge in [-0.2, -0.15) is 0 Å². The number of benzene rings is 1. The molecule has 118 valence electrons. The van der Waals surface area contributed by atoms with Gasteiger partial charge in [0.25, 0.3) is 0 Å². The van der Waals surface area contributed by atoms with E-state index in [0.29, 0.717) is 18.3 Å². The first-order valence-electron chi connectivity index (χ1n) is 6.47. The van der Waals surface area contributed by atoms with Gasteiger partial charge < -0.3 is 15.3 Å². The number of nitrogens with one attached hydrogen (secondary N) is 1. The number of rotatable bonds is 7. The van der Waals surface area contributed by atoms with Crippen molar-refractivity contribution in [3.05, 3.63) is 23.8 Å². The van der Waals surface area contributed by atoms with E-state index in [1.807, 2.05) is 7.05 Å². The average molecular weight is 315 g/mol. The molecular weight excluding hydrogens is 294 g/mol. The van der Waals surface area contributed by atoms with Crippen molar-refractivity contribution in [2.24, 2.45) is 5.14 Å². The summed E-state index contributed by atoms with van der Waals surface area (Å²) in [6, 6.07) is 4.15. The minimum Gasteiger partial charge on any atom is -0.478 e. The van der Waals surface area contributed by atoms with Gasteiger partial charge in [-0.1, -0.05) is 0 Å². The number of primary sulfonamides is 1. The smallest absolute Gasteiger partial charge is 0.337 e. The number of nitrogens with zero attached hydrogens (tertiary/aromatic N) is 1. The highest BCUT2D eigenvalue weighted by Gasteiger charge is 2.16. The van der Waals surface area contributed by atoms with Crippen molar-refractivity contribution in [1.82, 2.24) is 4.90 Å². The maximum atomic E-state index is 11.3. The summed E-state index contributed by atoms with van der Waals surface area (Å²) < 4.78 is 22.5. The first kappa shape index (κ1) is 17.4. The molecule has 0 unspecified atom stereocenters. The Hall–Kier alpha value is -1.64. The zero-order valence-corrected chi connectivity index (χ0v) is 13.1. The number of likely N-dealkylation sites (N-methyl/N-ethyl adjacent to an activating group) is 1. The van der Waals surface area contributed by atoms with E-state index in [4.69, 9.17) is 10.2 Å². The van der Waals surface area contributed by atoms with Crippen LogP contribution in [0.3, 0.4) is 0 Å². The molecule has 1 rings (SSSR count). The number of sulfonamides is 1. The Morgan fingerprint density at radius 3 is 2.52 bits per heavy atom. The molecule has 7 nitrogen and oxygen atoms in total. The van der Waals surface area contributed by atoms with Gasteiger partial charge in [-0.15, -0.1) is 0 Å². The van der Waals surface area contributed by atoms with Crippen LogP contribution in [-0.4, -0.2) is 50.6 Å². The van der Waals surface area contributed by atoms with Gasteiger partial charge >= 0.3 is 5.97 Å². The van der Waals surface area contributed by atoms with E-state index in [2.05, 4.69) is 24.1 Å². The molecule has 0 saturated carbocycles. The lowest BCUT2D eigenvalue weighted by molar-refractivity contribution is 0.0697. The van der Waals surface area contributed by atoms with E-state index in [1.54, 1.807) is 0 Å². The van der Waals surface area contributed by atoms with Crippen LogP contribution in [0.1, 0.15) is 24.2 Å². The third-order valence-corrected chi connectivity index (χ3v) is 4.12. The van der Waals surface area contributed by atoms with Crippen molar-refractivity contribution >= 4 is 21.7 Å². The van der Waals surface area contributed by atoms with Gasteiger partial charge in [-0.05, 0) is 39.1 Å². The summed E-state index contributed by atoms with van der Waals surface area (Å²) in [6.45, 7) is 5.39. The van der Waals surface area contributed by atoms with Crippen LogP contribution in [0, 0.1) is 0 Å². The molecule has 0 radical (unpaired) electrons. The van der Waals surface area contributed by atoms with Crippen molar-refractivity contribution in [1.29, 1.82) is 0 Å². The first-order chi connectivity index (χ1) is 9.62. The maximum absolute atomic E-state index is 11.3. The second kappa shape index (κ2) is 6.88. The zero-order valence-electron chi connectivity index (χ0n) is 12.3. The Morgan fingerprint density at radius 2 is 2.05 bits per heavy atom. The number of carboxylic acid groups (broad SMARTS) is 1. The molecule has 0 amide bonds. The van der Waals surface area contributed by atoms with Gasteiger partial charge in [0.15, 0.2) is 0 Å². The van der Waals surface area contributed by atoms with Crippen LogP contribution in [0.15, 0.2) is 23.1 Å². The SMILES string of the molecule is CC(C)N(C)CCNc1ccc(S(N)(=O)=O)cc1C(=O)O. The Labute approximate surface area is 124 Å². The molecule has 0 aromatic heterocycles. The number of aromatic carboxylic acids is 1. The Balaban J connectivity index is 2.90. The Morgan fingerprint density at radius 1 is 1.43 bits per heavy atom. The molecule has 8 heteroatoms. The van der Waals surface area contributed by atoms with Crippen LogP contribution in [0.4, 0.5) is 5.69 Å². The standard InChI is InChI=1S/C13H21N3O4S/c1-9(2)16(3)7-6-15-12-5-4-10(21(14,19)20)8-11(12)13(17)18/h4-5,8-9,15H,6-7H2,1-3H3,(H,17,18)(H2,14,19,20). The highest BCUT2D eigenvalue weighted by molar-refractivity contribution is 7.89. The number of carboxylic acids is 1. The van der Waals surface area contributed by atoms with E-state index >= 15 is 0 Å². The van der Waals surface area contributed by atoms with E-state index in [9.17, 15) is 13.2 Å². The van der Waals surface area contributed by atoms with E-state index in [1.165, 1.54) is 12.1 Å². The largest absolute Gasteiger partial charge is 0.478 e. The van der Waals surface area contributed by atoms with E-state index < -0.39 is 16.0 Å². The Bertz CT molecular complexity index is 614. The van der Waals surface area contributed by atoms with Gasteiger partial charge in [0, 0.05) is 24.8 Å². The van der Waals surface area contributed by atoms with Crippen LogP contribution in [0.2, 0.25) is 0 Å². The van der Waals surface area contributed by atoms with Crippen LogP contribution in [0.25, 0.3) is 0 Å². The molecule has 0 bridgehead atoms. The molecular formula is C13H21N3O4S. The van der Waals surface area contributed by atoms with Gasteiger partial charge in [0.1, 0.15) is 0 Å². The number of nitrogens with two attached hydrogens (primary N) is 1. The lowest BCUT2D eigenvalue weighted by Gasteiger charge is -2.21. The maximum Gasteiger partial charge on any atom is 0.337 e. The van der Waals surface area contributed by atoms with Crippen LogP contribution in [0.5, 0.6) is 0 Å². The van der Waals surface area contributed by atoms with Gasteiger partial charge in [-0.25, -0.2) is 18.4 Å². The minimum absolute atomic E-state index is 0.117. The average Bonchev–Trinajstić information content (AvgIpc) is 2.37. The summed E-state index contributed by atoms with van der Waals surface area (Å²) in [5, 5.41) is 17.2. The molecule has 0 aliphatic rings. The van der Waals surface area contributed by atoms with Crippen molar-refractivity contribution in [2.45, 2.75) is 24.8 Å². The summed E-state index contributed by atoms with van der Waals surface area (Å²) in [6.07, 6.45) is 0. The fourth-order valence-corrected chi connectivity index (χ4v) is 2.20. The molecule has 0 aliphatic carbocycles. The predicted molar refractivity (Wildman–Crippen MR) is 81.0 cm³/mol. The van der Waals surface area contributed by atoms with Crippen molar-refractivity contribution in [2.75, 3.05) is 25.5 Å². The normalized spacial score (nSPS) is 11.9. The Kier molecular flexibility index (Phi) is 5.70. The van der Waals surface area contributed by atoms with Gasteiger partial charge in [0.2, 0.25) is 10.0 Å². The number of hydrogen-bond donors (Lipinski definition) is 3. The third-order valence-electron chi connectivity index (χ3n) is 3.21. The molecule has 0 spiro atoms. The second-order valence-corrected chi connectivity index (χ2v) is 6.62. The molecule has 0 aliphatic heterocycles. The predicted octanol–water partition coefficient (Wildman–Crippen LogP) is 0.784. The molecule has 0 fully saturated rings. The van der Waals surface area contributed by atoms with E-state index in [-0.39, 0.29) is 10.5 Å². The third kappa shape index (κ3) is 5.00.